The first-order valence-corrected chi connectivity index (χ1v) is 5.87. The predicted molar refractivity (Wildman–Crippen MR) is 54.6 cm³/mol. The van der Waals surface area contributed by atoms with Crippen LogP contribution in [-0.2, 0) is 4.74 Å². The maximum absolute atomic E-state index is 5.57. The lowest BCUT2D eigenvalue weighted by Crippen LogP contribution is -2.38. The molecule has 0 spiro atoms. The van der Waals surface area contributed by atoms with Crippen molar-refractivity contribution in [2.75, 3.05) is 13.2 Å². The Bertz CT molecular complexity index is 163. The van der Waals surface area contributed by atoms with Crippen LogP contribution in [0.4, 0.5) is 0 Å². The third-order valence-electron chi connectivity index (χ3n) is 4.05. The molecule has 1 heterocycles. The molecule has 0 aromatic carbocycles. The van der Waals surface area contributed by atoms with E-state index >= 15 is 0 Å². The monoisotopic (exact) mass is 182 g/mol. The number of fused-ring (bicyclic) bond motifs is 1. The minimum atomic E-state index is 0.880. The molecule has 0 radical (unpaired) electrons. The standard InChI is InChI=1S/C12H22O/c1-9(2)11-5-3-4-10-8-13-7-6-12(10)11/h9-12H,3-8H2,1-2H3. The van der Waals surface area contributed by atoms with Crippen LogP contribution < -0.4 is 0 Å². The van der Waals surface area contributed by atoms with E-state index in [2.05, 4.69) is 13.8 Å². The normalized spacial score (nSPS) is 40.4. The molecule has 0 amide bonds. The second-order valence-corrected chi connectivity index (χ2v) is 5.13. The Morgan fingerprint density at radius 3 is 2.77 bits per heavy atom. The van der Waals surface area contributed by atoms with Crippen LogP contribution in [0.25, 0.3) is 0 Å². The van der Waals surface area contributed by atoms with E-state index in [4.69, 9.17) is 4.74 Å². The van der Waals surface area contributed by atoms with Gasteiger partial charge in [-0.05, 0) is 42.9 Å². The van der Waals surface area contributed by atoms with Crippen LogP contribution in [0, 0.1) is 23.7 Å². The summed E-state index contributed by atoms with van der Waals surface area (Å²) in [6.45, 7) is 6.85. The van der Waals surface area contributed by atoms with Crippen molar-refractivity contribution in [1.82, 2.24) is 0 Å². The molecular formula is C12H22O. The third-order valence-corrected chi connectivity index (χ3v) is 4.05. The van der Waals surface area contributed by atoms with Crippen LogP contribution in [0.15, 0.2) is 0 Å². The minimum absolute atomic E-state index is 0.880. The van der Waals surface area contributed by atoms with Crippen LogP contribution >= 0.6 is 0 Å². The van der Waals surface area contributed by atoms with E-state index in [0.29, 0.717) is 0 Å². The average Bonchev–Trinajstić information content (AvgIpc) is 2.17. The molecule has 2 fully saturated rings. The molecule has 1 saturated carbocycles. The van der Waals surface area contributed by atoms with Gasteiger partial charge in [-0.3, -0.25) is 0 Å². The molecule has 0 aromatic heterocycles. The predicted octanol–water partition coefficient (Wildman–Crippen LogP) is 3.10. The summed E-state index contributed by atoms with van der Waals surface area (Å²) in [7, 11) is 0. The van der Waals surface area contributed by atoms with Gasteiger partial charge in [0.25, 0.3) is 0 Å². The van der Waals surface area contributed by atoms with Gasteiger partial charge < -0.3 is 4.74 Å². The van der Waals surface area contributed by atoms with Crippen LogP contribution in [0.5, 0.6) is 0 Å². The first kappa shape index (κ1) is 9.51. The second-order valence-electron chi connectivity index (χ2n) is 5.13. The molecule has 3 unspecified atom stereocenters. The maximum Gasteiger partial charge on any atom is 0.0497 e. The lowest BCUT2D eigenvalue weighted by atomic mass is 9.66. The van der Waals surface area contributed by atoms with E-state index in [0.717, 1.165) is 36.9 Å². The van der Waals surface area contributed by atoms with Gasteiger partial charge in [-0.25, -0.2) is 0 Å². The molecule has 3 atom stereocenters. The van der Waals surface area contributed by atoms with E-state index < -0.39 is 0 Å². The van der Waals surface area contributed by atoms with Gasteiger partial charge in [0.2, 0.25) is 0 Å². The highest BCUT2D eigenvalue weighted by molar-refractivity contribution is 4.85. The van der Waals surface area contributed by atoms with Crippen LogP contribution in [0.1, 0.15) is 39.5 Å². The van der Waals surface area contributed by atoms with Crippen molar-refractivity contribution in [3.05, 3.63) is 0 Å². The van der Waals surface area contributed by atoms with Gasteiger partial charge in [-0.2, -0.15) is 0 Å². The number of rotatable bonds is 1. The van der Waals surface area contributed by atoms with Gasteiger partial charge in [0.05, 0.1) is 0 Å². The van der Waals surface area contributed by atoms with Crippen molar-refractivity contribution in [2.45, 2.75) is 39.5 Å². The van der Waals surface area contributed by atoms with Crippen LogP contribution in [0.3, 0.4) is 0 Å². The fourth-order valence-corrected chi connectivity index (χ4v) is 3.33. The zero-order valence-corrected chi connectivity index (χ0v) is 8.96. The molecule has 13 heavy (non-hydrogen) atoms. The smallest absolute Gasteiger partial charge is 0.0497 e. The van der Waals surface area contributed by atoms with Crippen molar-refractivity contribution in [3.8, 4) is 0 Å². The molecule has 0 bridgehead atoms. The summed E-state index contributed by atoms with van der Waals surface area (Å²) in [6, 6.07) is 0. The van der Waals surface area contributed by atoms with E-state index in [-0.39, 0.29) is 0 Å². The topological polar surface area (TPSA) is 9.23 Å². The van der Waals surface area contributed by atoms with Gasteiger partial charge >= 0.3 is 0 Å². The van der Waals surface area contributed by atoms with Crippen LogP contribution in [-0.4, -0.2) is 13.2 Å². The Balaban J connectivity index is 2.02. The quantitative estimate of drug-likeness (QED) is 0.605. The van der Waals surface area contributed by atoms with Gasteiger partial charge in [-0.15, -0.1) is 0 Å². The number of ether oxygens (including phenoxy) is 1. The van der Waals surface area contributed by atoms with Crippen molar-refractivity contribution < 1.29 is 4.74 Å². The van der Waals surface area contributed by atoms with Crippen molar-refractivity contribution in [2.24, 2.45) is 23.7 Å². The van der Waals surface area contributed by atoms with Crippen molar-refractivity contribution in [1.29, 1.82) is 0 Å². The Kier molecular flexibility index (Phi) is 2.92. The molecule has 1 aliphatic heterocycles. The van der Waals surface area contributed by atoms with Gasteiger partial charge in [0.1, 0.15) is 0 Å². The summed E-state index contributed by atoms with van der Waals surface area (Å²) in [6.07, 6.45) is 5.66. The highest BCUT2D eigenvalue weighted by Gasteiger charge is 2.36. The molecule has 0 N–H and O–H groups in total. The first-order valence-electron chi connectivity index (χ1n) is 5.87. The molecular weight excluding hydrogens is 160 g/mol. The third kappa shape index (κ3) is 1.90. The molecule has 2 aliphatic rings. The minimum Gasteiger partial charge on any atom is -0.381 e. The van der Waals surface area contributed by atoms with Crippen LogP contribution in [0.2, 0.25) is 0 Å². The van der Waals surface area contributed by atoms with E-state index in [1.165, 1.54) is 25.7 Å². The first-order chi connectivity index (χ1) is 6.29. The highest BCUT2D eigenvalue weighted by atomic mass is 16.5. The molecule has 76 valence electrons. The van der Waals surface area contributed by atoms with E-state index in [1.54, 1.807) is 0 Å². The van der Waals surface area contributed by atoms with E-state index in [1.807, 2.05) is 0 Å². The fourth-order valence-electron chi connectivity index (χ4n) is 3.33. The van der Waals surface area contributed by atoms with Gasteiger partial charge in [0, 0.05) is 13.2 Å². The molecule has 1 nitrogen and oxygen atoms in total. The number of hydrogen-bond acceptors (Lipinski definition) is 1. The lowest BCUT2D eigenvalue weighted by Gasteiger charge is -2.43. The average molecular weight is 182 g/mol. The zero-order chi connectivity index (χ0) is 9.26. The van der Waals surface area contributed by atoms with Gasteiger partial charge in [0.15, 0.2) is 0 Å². The zero-order valence-electron chi connectivity index (χ0n) is 8.96. The molecule has 1 saturated heterocycles. The largest absolute Gasteiger partial charge is 0.381 e. The Morgan fingerprint density at radius 1 is 1.15 bits per heavy atom. The number of hydrogen-bond donors (Lipinski definition) is 0. The summed E-state index contributed by atoms with van der Waals surface area (Å²) in [5.41, 5.74) is 0. The second kappa shape index (κ2) is 4.00. The Labute approximate surface area is 81.9 Å². The fraction of sp³-hybridized carbons (Fsp3) is 1.00. The Morgan fingerprint density at radius 2 is 2.00 bits per heavy atom. The molecule has 1 aliphatic carbocycles. The van der Waals surface area contributed by atoms with Crippen molar-refractivity contribution >= 4 is 0 Å². The van der Waals surface area contributed by atoms with E-state index in [9.17, 15) is 0 Å². The summed E-state index contributed by atoms with van der Waals surface area (Å²) in [5.74, 6) is 3.76. The highest BCUT2D eigenvalue weighted by Crippen LogP contribution is 2.42. The van der Waals surface area contributed by atoms with Crippen molar-refractivity contribution in [3.63, 3.8) is 0 Å². The SMILES string of the molecule is CC(C)C1CCCC2COCCC21. The molecule has 2 rings (SSSR count). The molecule has 0 aromatic rings. The summed E-state index contributed by atoms with van der Waals surface area (Å²) < 4.78 is 5.57. The summed E-state index contributed by atoms with van der Waals surface area (Å²) >= 11 is 0. The molecule has 1 heteroatoms. The maximum atomic E-state index is 5.57. The Hall–Kier alpha value is -0.0400. The summed E-state index contributed by atoms with van der Waals surface area (Å²) in [4.78, 5) is 0. The van der Waals surface area contributed by atoms with Gasteiger partial charge in [-0.1, -0.05) is 20.3 Å². The summed E-state index contributed by atoms with van der Waals surface area (Å²) in [5, 5.41) is 0. The lowest BCUT2D eigenvalue weighted by molar-refractivity contribution is -0.0356.